The molecule has 0 radical (unpaired) electrons. The van der Waals surface area contributed by atoms with Crippen molar-refractivity contribution in [2.75, 3.05) is 5.32 Å². The first kappa shape index (κ1) is 19.6. The fraction of sp³-hybridized carbons (Fsp3) is 0.0435. The molecule has 0 atom stereocenters. The van der Waals surface area contributed by atoms with Crippen molar-refractivity contribution in [3.63, 3.8) is 0 Å². The molecule has 0 aliphatic carbocycles. The number of nitrogens with one attached hydrogen (secondary N) is 2. The van der Waals surface area contributed by atoms with Gasteiger partial charge in [-0.25, -0.2) is 4.98 Å². The Morgan fingerprint density at radius 2 is 1.63 bits per heavy atom. The topological polar surface area (TPSA) is 87.7 Å². The lowest BCUT2D eigenvalue weighted by Gasteiger charge is -2.08. The second-order valence-corrected chi connectivity index (χ2v) is 7.47. The minimum Gasteiger partial charge on any atom is -0.322 e. The lowest BCUT2D eigenvalue weighted by molar-refractivity contribution is 0.102. The van der Waals surface area contributed by atoms with E-state index in [4.69, 9.17) is 0 Å². The number of aromatic nitrogens is 3. The van der Waals surface area contributed by atoms with Crippen LogP contribution in [0.2, 0.25) is 0 Å². The zero-order valence-corrected chi connectivity index (χ0v) is 16.7. The van der Waals surface area contributed by atoms with Gasteiger partial charge in [-0.2, -0.15) is 5.10 Å². The zero-order valence-electron chi connectivity index (χ0n) is 15.9. The van der Waals surface area contributed by atoms with Crippen LogP contribution in [0.4, 0.5) is 5.69 Å². The van der Waals surface area contributed by atoms with Crippen LogP contribution in [0.1, 0.15) is 31.8 Å². The number of H-pyrrole nitrogens is 1. The second kappa shape index (κ2) is 9.19. The van der Waals surface area contributed by atoms with Gasteiger partial charge in [0.2, 0.25) is 0 Å². The van der Waals surface area contributed by atoms with E-state index in [9.17, 15) is 9.59 Å². The number of ketones is 1. The summed E-state index contributed by atoms with van der Waals surface area (Å²) in [6, 6.07) is 23.4. The Balaban J connectivity index is 1.40. The van der Waals surface area contributed by atoms with Gasteiger partial charge in [0.15, 0.2) is 10.9 Å². The standard InChI is InChI=1S/C23H18N4O2S/c28-21(17-5-2-1-3-6-17)19-7-4-8-20(13-19)26-22(29)18-11-9-16(10-12-18)14-30-23-24-15-25-27-23/h1-13,15H,14H2,(H,26,29)(H,24,25,27). The van der Waals surface area contributed by atoms with Crippen LogP contribution in [-0.4, -0.2) is 26.9 Å². The number of hydrogen-bond donors (Lipinski definition) is 2. The third-order valence-corrected chi connectivity index (χ3v) is 5.35. The highest BCUT2D eigenvalue weighted by Gasteiger charge is 2.11. The van der Waals surface area contributed by atoms with Gasteiger partial charge in [-0.15, -0.1) is 0 Å². The number of carbonyl (C=O) groups is 2. The van der Waals surface area contributed by atoms with Crippen molar-refractivity contribution in [2.45, 2.75) is 10.9 Å². The molecule has 4 aromatic rings. The van der Waals surface area contributed by atoms with E-state index in [1.165, 1.54) is 18.1 Å². The summed E-state index contributed by atoms with van der Waals surface area (Å²) >= 11 is 1.54. The Kier molecular flexibility index (Phi) is 6.01. The summed E-state index contributed by atoms with van der Waals surface area (Å²) in [6.07, 6.45) is 1.47. The summed E-state index contributed by atoms with van der Waals surface area (Å²) in [5.41, 5.74) is 3.33. The van der Waals surface area contributed by atoms with E-state index in [-0.39, 0.29) is 11.7 Å². The van der Waals surface area contributed by atoms with Gasteiger partial charge in [-0.1, -0.05) is 66.4 Å². The largest absolute Gasteiger partial charge is 0.322 e. The molecule has 3 aromatic carbocycles. The highest BCUT2D eigenvalue weighted by atomic mass is 32.2. The summed E-state index contributed by atoms with van der Waals surface area (Å²) < 4.78 is 0. The van der Waals surface area contributed by atoms with Crippen molar-refractivity contribution in [3.05, 3.63) is 107 Å². The minimum atomic E-state index is -0.228. The summed E-state index contributed by atoms with van der Waals surface area (Å²) in [4.78, 5) is 29.3. The highest BCUT2D eigenvalue weighted by molar-refractivity contribution is 7.98. The molecule has 1 amide bonds. The van der Waals surface area contributed by atoms with Crippen LogP contribution >= 0.6 is 11.8 Å². The molecule has 6 nitrogen and oxygen atoms in total. The molecule has 0 aliphatic heterocycles. The quantitative estimate of drug-likeness (QED) is 0.341. The van der Waals surface area contributed by atoms with E-state index in [0.29, 0.717) is 22.4 Å². The Hall–Kier alpha value is -3.71. The molecule has 0 unspecified atom stereocenters. The van der Waals surface area contributed by atoms with Crippen molar-refractivity contribution in [2.24, 2.45) is 0 Å². The lowest BCUT2D eigenvalue weighted by Crippen LogP contribution is -2.12. The number of hydrogen-bond acceptors (Lipinski definition) is 5. The van der Waals surface area contributed by atoms with Crippen molar-refractivity contribution in [1.82, 2.24) is 15.2 Å². The molecule has 7 heteroatoms. The first-order valence-electron chi connectivity index (χ1n) is 9.27. The van der Waals surface area contributed by atoms with Crippen molar-refractivity contribution in [1.29, 1.82) is 0 Å². The molecule has 0 fully saturated rings. The maximum Gasteiger partial charge on any atom is 0.255 e. The molecule has 0 saturated carbocycles. The SMILES string of the molecule is O=C(Nc1cccc(C(=O)c2ccccc2)c1)c1ccc(CSc2ncn[nH]2)cc1. The van der Waals surface area contributed by atoms with Gasteiger partial charge in [0, 0.05) is 28.1 Å². The normalized spacial score (nSPS) is 10.5. The Morgan fingerprint density at radius 1 is 0.867 bits per heavy atom. The Labute approximate surface area is 177 Å². The predicted octanol–water partition coefficient (Wildman–Crippen LogP) is 4.58. The van der Waals surface area contributed by atoms with Gasteiger partial charge < -0.3 is 5.32 Å². The summed E-state index contributed by atoms with van der Waals surface area (Å²) in [7, 11) is 0. The van der Waals surface area contributed by atoms with Crippen molar-refractivity contribution >= 4 is 29.1 Å². The zero-order chi connectivity index (χ0) is 20.8. The average molecular weight is 414 g/mol. The van der Waals surface area contributed by atoms with E-state index < -0.39 is 0 Å². The number of amides is 1. The number of rotatable bonds is 7. The number of thioether (sulfide) groups is 1. The fourth-order valence-corrected chi connectivity index (χ4v) is 3.60. The van der Waals surface area contributed by atoms with Crippen molar-refractivity contribution in [3.8, 4) is 0 Å². The van der Waals surface area contributed by atoms with Gasteiger partial charge in [0.1, 0.15) is 6.33 Å². The number of carbonyl (C=O) groups excluding carboxylic acids is 2. The maximum absolute atomic E-state index is 12.6. The Morgan fingerprint density at radius 3 is 2.37 bits per heavy atom. The van der Waals surface area contributed by atoms with Crippen LogP contribution in [0.15, 0.2) is 90.3 Å². The van der Waals surface area contributed by atoms with E-state index in [2.05, 4.69) is 20.5 Å². The molecule has 1 aromatic heterocycles. The molecule has 4 rings (SSSR count). The van der Waals surface area contributed by atoms with Crippen LogP contribution in [-0.2, 0) is 5.75 Å². The summed E-state index contributed by atoms with van der Waals surface area (Å²) in [6.45, 7) is 0. The highest BCUT2D eigenvalue weighted by Crippen LogP contribution is 2.19. The minimum absolute atomic E-state index is 0.0830. The van der Waals surface area contributed by atoms with E-state index in [0.717, 1.165) is 16.5 Å². The predicted molar refractivity (Wildman–Crippen MR) is 117 cm³/mol. The average Bonchev–Trinajstić information content (AvgIpc) is 3.32. The monoisotopic (exact) mass is 414 g/mol. The van der Waals surface area contributed by atoms with Crippen LogP contribution < -0.4 is 5.32 Å². The van der Waals surface area contributed by atoms with E-state index in [1.807, 2.05) is 30.3 Å². The van der Waals surface area contributed by atoms with Crippen molar-refractivity contribution < 1.29 is 9.59 Å². The second-order valence-electron chi connectivity index (χ2n) is 6.51. The number of anilines is 1. The van der Waals surface area contributed by atoms with Gasteiger partial charge in [0.25, 0.3) is 5.91 Å². The van der Waals surface area contributed by atoms with Gasteiger partial charge in [-0.05, 0) is 29.8 Å². The number of aromatic amines is 1. The van der Waals surface area contributed by atoms with Crippen LogP contribution in [0, 0.1) is 0 Å². The van der Waals surface area contributed by atoms with Crippen LogP contribution in [0.3, 0.4) is 0 Å². The molecule has 0 bridgehead atoms. The number of benzene rings is 3. The molecule has 1 heterocycles. The first-order chi connectivity index (χ1) is 14.7. The molecule has 148 valence electrons. The fourth-order valence-electron chi connectivity index (χ4n) is 2.87. The van der Waals surface area contributed by atoms with Gasteiger partial charge in [-0.3, -0.25) is 14.7 Å². The Bertz CT molecular complexity index is 1140. The third kappa shape index (κ3) is 4.82. The molecule has 0 saturated heterocycles. The first-order valence-corrected chi connectivity index (χ1v) is 10.3. The van der Waals surface area contributed by atoms with E-state index in [1.54, 1.807) is 48.5 Å². The van der Waals surface area contributed by atoms with Gasteiger partial charge in [0.05, 0.1) is 0 Å². The summed E-state index contributed by atoms with van der Waals surface area (Å²) in [5.74, 6) is 0.412. The lowest BCUT2D eigenvalue weighted by atomic mass is 10.0. The molecule has 0 spiro atoms. The molecule has 30 heavy (non-hydrogen) atoms. The molecular formula is C23H18N4O2S. The summed E-state index contributed by atoms with van der Waals surface area (Å²) in [5, 5.41) is 10.2. The van der Waals surface area contributed by atoms with E-state index >= 15 is 0 Å². The molecular weight excluding hydrogens is 396 g/mol. The maximum atomic E-state index is 12.6. The molecule has 0 aliphatic rings. The smallest absolute Gasteiger partial charge is 0.255 e. The van der Waals surface area contributed by atoms with Crippen LogP contribution in [0.5, 0.6) is 0 Å². The molecule has 2 N–H and O–H groups in total. The third-order valence-electron chi connectivity index (χ3n) is 4.40. The van der Waals surface area contributed by atoms with Crippen LogP contribution in [0.25, 0.3) is 0 Å². The van der Waals surface area contributed by atoms with Gasteiger partial charge >= 0.3 is 0 Å². The number of nitrogens with zero attached hydrogens (tertiary/aromatic N) is 2.